The second-order valence-corrected chi connectivity index (χ2v) is 7.29. The lowest BCUT2D eigenvalue weighted by molar-refractivity contribution is -0.105. The molecule has 0 aromatic carbocycles. The summed E-state index contributed by atoms with van der Waals surface area (Å²) in [5.74, 6) is 1.15. The highest BCUT2D eigenvalue weighted by atomic mass is 79.9. The molecule has 0 radical (unpaired) electrons. The van der Waals surface area contributed by atoms with Gasteiger partial charge in [-0.15, -0.1) is 21.5 Å². The molecule has 0 spiro atoms. The molecular weight excluding hydrogens is 330 g/mol. The summed E-state index contributed by atoms with van der Waals surface area (Å²) >= 11 is 4.97. The van der Waals surface area contributed by atoms with E-state index >= 15 is 0 Å². The van der Waals surface area contributed by atoms with Crippen LogP contribution in [-0.2, 0) is 6.54 Å². The molecular formula is C12H14BrN3O2S. The van der Waals surface area contributed by atoms with E-state index in [4.69, 9.17) is 4.42 Å². The predicted molar refractivity (Wildman–Crippen MR) is 75.8 cm³/mol. The lowest BCUT2D eigenvalue weighted by atomic mass is 9.91. The molecule has 2 aromatic heterocycles. The Hall–Kier alpha value is -0.760. The van der Waals surface area contributed by atoms with Gasteiger partial charge in [-0.2, -0.15) is 0 Å². The van der Waals surface area contributed by atoms with Crippen LogP contribution in [0.1, 0.15) is 19.2 Å². The van der Waals surface area contributed by atoms with Crippen molar-refractivity contribution in [2.45, 2.75) is 25.5 Å². The second kappa shape index (κ2) is 4.97. The number of likely N-dealkylation sites (tertiary alicyclic amines) is 1. The van der Waals surface area contributed by atoms with Crippen LogP contribution in [0.15, 0.2) is 20.3 Å². The third-order valence-corrected chi connectivity index (χ3v) is 4.92. The Labute approximate surface area is 123 Å². The van der Waals surface area contributed by atoms with E-state index in [1.165, 1.54) is 0 Å². The van der Waals surface area contributed by atoms with Gasteiger partial charge in [-0.05, 0) is 34.5 Å². The van der Waals surface area contributed by atoms with Gasteiger partial charge in [0, 0.05) is 13.1 Å². The molecule has 7 heteroatoms. The minimum atomic E-state index is -0.526. The average molecular weight is 344 g/mol. The molecule has 0 saturated carbocycles. The number of aromatic nitrogens is 2. The SMILES string of the molecule is CCC1(O)CN(Cc2nnc(-c3ccc(Br)s3)o2)C1. The summed E-state index contributed by atoms with van der Waals surface area (Å²) < 4.78 is 6.68. The van der Waals surface area contributed by atoms with E-state index in [-0.39, 0.29) is 0 Å². The zero-order valence-corrected chi connectivity index (χ0v) is 12.9. The van der Waals surface area contributed by atoms with E-state index in [9.17, 15) is 5.11 Å². The summed E-state index contributed by atoms with van der Waals surface area (Å²) in [6.45, 7) is 3.94. The van der Waals surface area contributed by atoms with Crippen molar-refractivity contribution < 1.29 is 9.52 Å². The van der Waals surface area contributed by atoms with Crippen molar-refractivity contribution in [3.63, 3.8) is 0 Å². The number of nitrogens with zero attached hydrogens (tertiary/aromatic N) is 3. The number of rotatable bonds is 4. The van der Waals surface area contributed by atoms with E-state index in [0.29, 0.717) is 31.4 Å². The van der Waals surface area contributed by atoms with Crippen LogP contribution in [0.5, 0.6) is 0 Å². The van der Waals surface area contributed by atoms with Crippen LogP contribution in [0.2, 0.25) is 0 Å². The van der Waals surface area contributed by atoms with Gasteiger partial charge in [-0.1, -0.05) is 6.92 Å². The van der Waals surface area contributed by atoms with Crippen molar-refractivity contribution in [1.29, 1.82) is 0 Å². The first-order chi connectivity index (χ1) is 9.08. The van der Waals surface area contributed by atoms with Gasteiger partial charge in [0.05, 0.1) is 20.8 Å². The molecule has 1 saturated heterocycles. The van der Waals surface area contributed by atoms with E-state index < -0.39 is 5.60 Å². The topological polar surface area (TPSA) is 62.4 Å². The van der Waals surface area contributed by atoms with Crippen LogP contribution in [0, 0.1) is 0 Å². The van der Waals surface area contributed by atoms with Gasteiger partial charge in [0.25, 0.3) is 5.89 Å². The molecule has 0 atom stereocenters. The molecule has 1 aliphatic heterocycles. The maximum atomic E-state index is 9.94. The van der Waals surface area contributed by atoms with Crippen LogP contribution < -0.4 is 0 Å². The Balaban J connectivity index is 1.63. The molecule has 1 N–H and O–H groups in total. The van der Waals surface area contributed by atoms with Gasteiger partial charge in [0.2, 0.25) is 5.89 Å². The summed E-state index contributed by atoms with van der Waals surface area (Å²) in [6, 6.07) is 3.91. The number of halogens is 1. The Bertz CT molecular complexity index is 577. The second-order valence-electron chi connectivity index (χ2n) is 4.83. The van der Waals surface area contributed by atoms with Crippen LogP contribution in [0.4, 0.5) is 0 Å². The predicted octanol–water partition coefficient (Wildman–Crippen LogP) is 2.52. The highest BCUT2D eigenvalue weighted by Crippen LogP contribution is 2.31. The third kappa shape index (κ3) is 2.74. The first kappa shape index (κ1) is 13.2. The van der Waals surface area contributed by atoms with Crippen molar-refractivity contribution in [1.82, 2.24) is 15.1 Å². The van der Waals surface area contributed by atoms with Crippen molar-refractivity contribution in [3.8, 4) is 10.8 Å². The fourth-order valence-corrected chi connectivity index (χ4v) is 3.47. The molecule has 1 aliphatic rings. The maximum absolute atomic E-state index is 9.94. The van der Waals surface area contributed by atoms with E-state index in [2.05, 4.69) is 31.0 Å². The normalized spacial score (nSPS) is 18.5. The van der Waals surface area contributed by atoms with E-state index in [1.54, 1.807) is 11.3 Å². The maximum Gasteiger partial charge on any atom is 0.257 e. The smallest absolute Gasteiger partial charge is 0.257 e. The van der Waals surface area contributed by atoms with Crippen molar-refractivity contribution in [3.05, 3.63) is 21.8 Å². The molecule has 0 bridgehead atoms. The number of hydrogen-bond acceptors (Lipinski definition) is 6. The Morgan fingerprint density at radius 2 is 2.26 bits per heavy atom. The lowest BCUT2D eigenvalue weighted by Crippen LogP contribution is -2.60. The summed E-state index contributed by atoms with van der Waals surface area (Å²) in [5, 5.41) is 18.0. The van der Waals surface area contributed by atoms with Crippen LogP contribution in [0.3, 0.4) is 0 Å². The molecule has 0 unspecified atom stereocenters. The molecule has 2 aromatic rings. The van der Waals surface area contributed by atoms with Crippen LogP contribution in [-0.4, -0.2) is 38.9 Å². The van der Waals surface area contributed by atoms with E-state index in [0.717, 1.165) is 15.1 Å². The van der Waals surface area contributed by atoms with E-state index in [1.807, 2.05) is 19.1 Å². The van der Waals surface area contributed by atoms with Gasteiger partial charge in [0.15, 0.2) is 0 Å². The van der Waals surface area contributed by atoms with Gasteiger partial charge in [0.1, 0.15) is 0 Å². The number of hydrogen-bond donors (Lipinski definition) is 1. The van der Waals surface area contributed by atoms with Crippen LogP contribution >= 0.6 is 27.3 Å². The minimum Gasteiger partial charge on any atom is -0.419 e. The van der Waals surface area contributed by atoms with Crippen molar-refractivity contribution in [2.75, 3.05) is 13.1 Å². The molecule has 5 nitrogen and oxygen atoms in total. The Morgan fingerprint density at radius 1 is 1.47 bits per heavy atom. The number of β-amino-alcohol motifs (C(OH)–C–C–N with tert-alkyl or cyclic N) is 1. The fourth-order valence-electron chi connectivity index (χ4n) is 2.16. The zero-order chi connectivity index (χ0) is 13.5. The van der Waals surface area contributed by atoms with Gasteiger partial charge in [-0.3, -0.25) is 4.90 Å². The molecule has 0 amide bonds. The fraction of sp³-hybridized carbons (Fsp3) is 0.500. The summed E-state index contributed by atoms with van der Waals surface area (Å²) in [5.41, 5.74) is -0.526. The highest BCUT2D eigenvalue weighted by molar-refractivity contribution is 9.11. The summed E-state index contributed by atoms with van der Waals surface area (Å²) in [4.78, 5) is 3.06. The molecule has 3 heterocycles. The van der Waals surface area contributed by atoms with Gasteiger partial charge < -0.3 is 9.52 Å². The molecule has 102 valence electrons. The van der Waals surface area contributed by atoms with Crippen molar-refractivity contribution in [2.24, 2.45) is 0 Å². The number of aliphatic hydroxyl groups is 1. The third-order valence-electron chi connectivity index (χ3n) is 3.30. The summed E-state index contributed by atoms with van der Waals surface area (Å²) in [6.07, 6.45) is 0.780. The first-order valence-electron chi connectivity index (χ1n) is 6.11. The highest BCUT2D eigenvalue weighted by Gasteiger charge is 2.39. The zero-order valence-electron chi connectivity index (χ0n) is 10.5. The Kier molecular flexibility index (Phi) is 3.46. The molecule has 3 rings (SSSR count). The molecule has 1 fully saturated rings. The van der Waals surface area contributed by atoms with Crippen molar-refractivity contribution >= 4 is 27.3 Å². The number of thiophene rings is 1. The minimum absolute atomic E-state index is 0.526. The standard InChI is InChI=1S/C12H14BrN3O2S/c1-2-12(17)6-16(7-12)5-10-14-15-11(18-10)8-3-4-9(13)19-8/h3-4,17H,2,5-7H2,1H3. The lowest BCUT2D eigenvalue weighted by Gasteiger charge is -2.45. The van der Waals surface area contributed by atoms with Crippen LogP contribution in [0.25, 0.3) is 10.8 Å². The molecule has 19 heavy (non-hydrogen) atoms. The monoisotopic (exact) mass is 343 g/mol. The average Bonchev–Trinajstić information content (AvgIpc) is 2.95. The molecule has 0 aliphatic carbocycles. The quantitative estimate of drug-likeness (QED) is 0.924. The first-order valence-corrected chi connectivity index (χ1v) is 7.72. The van der Waals surface area contributed by atoms with Gasteiger partial charge in [-0.25, -0.2) is 0 Å². The van der Waals surface area contributed by atoms with Gasteiger partial charge >= 0.3 is 0 Å². The summed E-state index contributed by atoms with van der Waals surface area (Å²) in [7, 11) is 0. The Morgan fingerprint density at radius 3 is 2.89 bits per heavy atom. The largest absolute Gasteiger partial charge is 0.419 e.